The lowest BCUT2D eigenvalue weighted by Crippen LogP contribution is -2.25. The molecule has 6 nitrogen and oxygen atoms in total. The van der Waals surface area contributed by atoms with E-state index in [0.717, 1.165) is 0 Å². The number of hydrogen-bond donors (Lipinski definition) is 3. The summed E-state index contributed by atoms with van der Waals surface area (Å²) in [5.41, 5.74) is 17.1. The van der Waals surface area contributed by atoms with Crippen LogP contribution in [0.15, 0.2) is 18.2 Å². The quantitative estimate of drug-likeness (QED) is 0.624. The van der Waals surface area contributed by atoms with Crippen molar-refractivity contribution in [3.63, 3.8) is 0 Å². The lowest BCUT2D eigenvalue weighted by atomic mass is 10.3. The molecular weight excluding hydrogens is 270 g/mol. The van der Waals surface area contributed by atoms with Crippen molar-refractivity contribution in [2.45, 2.75) is 38.9 Å². The molecule has 0 aliphatic rings. The van der Waals surface area contributed by atoms with Gasteiger partial charge in [0.15, 0.2) is 0 Å². The van der Waals surface area contributed by atoms with Crippen LogP contribution in [0.5, 0.6) is 17.2 Å². The van der Waals surface area contributed by atoms with E-state index >= 15 is 0 Å². The molecule has 3 unspecified atom stereocenters. The number of hydrogen-bond acceptors (Lipinski definition) is 6. The lowest BCUT2D eigenvalue weighted by molar-refractivity contribution is 0.268. The maximum Gasteiger partial charge on any atom is 0.126 e. The average Bonchev–Trinajstić information content (AvgIpc) is 2.40. The second-order valence-corrected chi connectivity index (χ2v) is 5.50. The zero-order valence-electron chi connectivity index (χ0n) is 13.0. The van der Waals surface area contributed by atoms with Crippen molar-refractivity contribution < 1.29 is 14.2 Å². The van der Waals surface area contributed by atoms with E-state index in [4.69, 9.17) is 31.4 Å². The Morgan fingerprint density at radius 3 is 1.10 bits per heavy atom. The fraction of sp³-hybridized carbons (Fsp3) is 0.600. The molecule has 0 aromatic heterocycles. The van der Waals surface area contributed by atoms with E-state index in [1.54, 1.807) is 18.2 Å². The molecule has 6 heteroatoms. The Morgan fingerprint density at radius 1 is 0.667 bits per heavy atom. The van der Waals surface area contributed by atoms with Gasteiger partial charge >= 0.3 is 0 Å². The molecule has 1 rings (SSSR count). The van der Waals surface area contributed by atoms with E-state index in [1.807, 2.05) is 20.8 Å². The number of rotatable bonds is 9. The summed E-state index contributed by atoms with van der Waals surface area (Å²) in [6.45, 7) is 6.90. The first-order valence-electron chi connectivity index (χ1n) is 7.17. The zero-order chi connectivity index (χ0) is 15.8. The van der Waals surface area contributed by atoms with Gasteiger partial charge < -0.3 is 31.4 Å². The highest BCUT2D eigenvalue weighted by Gasteiger charge is 2.07. The Labute approximate surface area is 126 Å². The molecule has 0 spiro atoms. The molecule has 3 atom stereocenters. The van der Waals surface area contributed by atoms with Crippen LogP contribution in [0.1, 0.15) is 20.8 Å². The van der Waals surface area contributed by atoms with Crippen molar-refractivity contribution in [1.29, 1.82) is 0 Å². The summed E-state index contributed by atoms with van der Waals surface area (Å²) < 4.78 is 16.8. The third-order valence-electron chi connectivity index (χ3n) is 2.39. The predicted octanol–water partition coefficient (Wildman–Crippen LogP) is 0.865. The monoisotopic (exact) mass is 297 g/mol. The van der Waals surface area contributed by atoms with Crippen LogP contribution in [0, 0.1) is 0 Å². The Balaban J connectivity index is 2.79. The fourth-order valence-electron chi connectivity index (χ4n) is 1.48. The van der Waals surface area contributed by atoms with E-state index in [-0.39, 0.29) is 18.1 Å². The molecule has 6 N–H and O–H groups in total. The van der Waals surface area contributed by atoms with Crippen LogP contribution in [0.25, 0.3) is 0 Å². The largest absolute Gasteiger partial charge is 0.492 e. The standard InChI is InChI=1S/C15H27N3O3/c1-10(16)7-19-13-4-14(20-8-11(2)17)6-15(5-13)21-9-12(3)18/h4-6,10-12H,7-9,16-18H2,1-3H3. The van der Waals surface area contributed by atoms with E-state index in [0.29, 0.717) is 37.1 Å². The maximum atomic E-state index is 5.69. The summed E-state index contributed by atoms with van der Waals surface area (Å²) in [5, 5.41) is 0. The average molecular weight is 297 g/mol. The topological polar surface area (TPSA) is 106 Å². The molecule has 1 aromatic carbocycles. The van der Waals surface area contributed by atoms with Gasteiger partial charge in [-0.05, 0) is 20.8 Å². The van der Waals surface area contributed by atoms with Gasteiger partial charge in [0.25, 0.3) is 0 Å². The van der Waals surface area contributed by atoms with Gasteiger partial charge in [0.1, 0.15) is 37.1 Å². The Morgan fingerprint density at radius 2 is 0.905 bits per heavy atom. The van der Waals surface area contributed by atoms with E-state index in [1.165, 1.54) is 0 Å². The molecular formula is C15H27N3O3. The summed E-state index contributed by atoms with van der Waals surface area (Å²) >= 11 is 0. The van der Waals surface area contributed by atoms with Gasteiger partial charge in [-0.2, -0.15) is 0 Å². The molecule has 0 bridgehead atoms. The van der Waals surface area contributed by atoms with Crippen molar-refractivity contribution >= 4 is 0 Å². The molecule has 0 saturated carbocycles. The summed E-state index contributed by atoms with van der Waals surface area (Å²) in [6, 6.07) is 5.24. The minimum Gasteiger partial charge on any atom is -0.492 e. The van der Waals surface area contributed by atoms with Crippen LogP contribution in [0.3, 0.4) is 0 Å². The van der Waals surface area contributed by atoms with Crippen LogP contribution in [0.2, 0.25) is 0 Å². The number of ether oxygens (including phenoxy) is 3. The van der Waals surface area contributed by atoms with Crippen molar-refractivity contribution in [3.05, 3.63) is 18.2 Å². The van der Waals surface area contributed by atoms with Crippen molar-refractivity contribution in [1.82, 2.24) is 0 Å². The van der Waals surface area contributed by atoms with Gasteiger partial charge in [-0.25, -0.2) is 0 Å². The minimum absolute atomic E-state index is 0.0490. The lowest BCUT2D eigenvalue weighted by Gasteiger charge is -2.15. The highest BCUT2D eigenvalue weighted by atomic mass is 16.5. The summed E-state index contributed by atoms with van der Waals surface area (Å²) in [5.74, 6) is 1.94. The molecule has 0 saturated heterocycles. The SMILES string of the molecule is CC(N)COc1cc(OCC(C)N)cc(OCC(C)N)c1. The van der Waals surface area contributed by atoms with E-state index in [9.17, 15) is 0 Å². The molecule has 21 heavy (non-hydrogen) atoms. The molecule has 0 aliphatic carbocycles. The molecule has 1 aromatic rings. The van der Waals surface area contributed by atoms with Gasteiger partial charge in [-0.15, -0.1) is 0 Å². The maximum absolute atomic E-state index is 5.69. The molecule has 0 aliphatic heterocycles. The van der Waals surface area contributed by atoms with E-state index in [2.05, 4.69) is 0 Å². The molecule has 0 amide bonds. The Kier molecular flexibility index (Phi) is 7.28. The van der Waals surface area contributed by atoms with Crippen LogP contribution >= 0.6 is 0 Å². The van der Waals surface area contributed by atoms with Gasteiger partial charge in [0.05, 0.1) is 0 Å². The number of benzene rings is 1. The van der Waals surface area contributed by atoms with Gasteiger partial charge in [0, 0.05) is 36.3 Å². The first-order valence-corrected chi connectivity index (χ1v) is 7.17. The van der Waals surface area contributed by atoms with E-state index < -0.39 is 0 Å². The number of nitrogens with two attached hydrogens (primary N) is 3. The highest BCUT2D eigenvalue weighted by molar-refractivity contribution is 5.42. The Hall–Kier alpha value is -1.50. The summed E-state index contributed by atoms with van der Waals surface area (Å²) in [4.78, 5) is 0. The third-order valence-corrected chi connectivity index (χ3v) is 2.39. The van der Waals surface area contributed by atoms with Crippen LogP contribution in [-0.2, 0) is 0 Å². The first-order chi connectivity index (χ1) is 9.86. The van der Waals surface area contributed by atoms with Crippen molar-refractivity contribution in [2.24, 2.45) is 17.2 Å². The Bertz CT molecular complexity index is 348. The highest BCUT2D eigenvalue weighted by Crippen LogP contribution is 2.28. The van der Waals surface area contributed by atoms with Crippen LogP contribution < -0.4 is 31.4 Å². The molecule has 120 valence electrons. The first kappa shape index (κ1) is 17.6. The minimum atomic E-state index is -0.0490. The van der Waals surface area contributed by atoms with Crippen molar-refractivity contribution in [2.75, 3.05) is 19.8 Å². The molecule has 0 fully saturated rings. The third kappa shape index (κ3) is 7.75. The van der Waals surface area contributed by atoms with Crippen LogP contribution in [0.4, 0.5) is 0 Å². The normalized spacial score (nSPS) is 15.1. The second kappa shape index (κ2) is 8.71. The second-order valence-electron chi connectivity index (χ2n) is 5.50. The molecule has 0 radical (unpaired) electrons. The van der Waals surface area contributed by atoms with Gasteiger partial charge in [-0.1, -0.05) is 0 Å². The van der Waals surface area contributed by atoms with Crippen molar-refractivity contribution in [3.8, 4) is 17.2 Å². The fourth-order valence-corrected chi connectivity index (χ4v) is 1.48. The summed E-state index contributed by atoms with van der Waals surface area (Å²) in [7, 11) is 0. The summed E-state index contributed by atoms with van der Waals surface area (Å²) in [6.07, 6.45) is 0. The molecule has 0 heterocycles. The predicted molar refractivity (Wildman–Crippen MR) is 83.9 cm³/mol. The van der Waals surface area contributed by atoms with Crippen LogP contribution in [-0.4, -0.2) is 37.9 Å². The smallest absolute Gasteiger partial charge is 0.126 e. The zero-order valence-corrected chi connectivity index (χ0v) is 13.0. The van der Waals surface area contributed by atoms with Gasteiger partial charge in [0.2, 0.25) is 0 Å². The van der Waals surface area contributed by atoms with Gasteiger partial charge in [-0.3, -0.25) is 0 Å².